The SMILES string of the molecule is CC(=O)N[C@H](C(=O)N(C)[C@@H](C)c1nc2ccccc2s1)C(C)C. The molecule has 2 atom stereocenters. The number of carbonyl (C=O) groups excluding carboxylic acids is 2. The van der Waals surface area contributed by atoms with E-state index in [4.69, 9.17) is 0 Å². The van der Waals surface area contributed by atoms with Crippen molar-refractivity contribution in [3.63, 3.8) is 0 Å². The van der Waals surface area contributed by atoms with Gasteiger partial charge in [-0.2, -0.15) is 0 Å². The first-order valence-electron chi connectivity index (χ1n) is 7.70. The molecule has 2 amide bonds. The third-order valence-electron chi connectivity index (χ3n) is 3.89. The summed E-state index contributed by atoms with van der Waals surface area (Å²) in [5.41, 5.74) is 0.947. The van der Waals surface area contributed by atoms with Crippen LogP contribution in [0.1, 0.15) is 38.7 Å². The Balaban J connectivity index is 2.21. The minimum Gasteiger partial charge on any atom is -0.344 e. The molecule has 0 fully saturated rings. The first-order valence-corrected chi connectivity index (χ1v) is 8.52. The highest BCUT2D eigenvalue weighted by Crippen LogP contribution is 2.29. The van der Waals surface area contributed by atoms with E-state index in [0.717, 1.165) is 15.2 Å². The number of amides is 2. The monoisotopic (exact) mass is 333 g/mol. The summed E-state index contributed by atoms with van der Waals surface area (Å²) in [4.78, 5) is 30.4. The van der Waals surface area contributed by atoms with Crippen molar-refractivity contribution in [2.24, 2.45) is 5.92 Å². The van der Waals surface area contributed by atoms with Crippen molar-refractivity contribution in [3.8, 4) is 0 Å². The molecule has 0 saturated heterocycles. The van der Waals surface area contributed by atoms with Crippen molar-refractivity contribution in [1.29, 1.82) is 0 Å². The molecule has 1 aromatic heterocycles. The van der Waals surface area contributed by atoms with Crippen LogP contribution in [0.25, 0.3) is 10.2 Å². The van der Waals surface area contributed by atoms with Gasteiger partial charge in [-0.3, -0.25) is 9.59 Å². The highest BCUT2D eigenvalue weighted by molar-refractivity contribution is 7.18. The fourth-order valence-corrected chi connectivity index (χ4v) is 3.44. The normalized spacial score (nSPS) is 13.8. The van der Waals surface area contributed by atoms with E-state index in [-0.39, 0.29) is 23.8 Å². The van der Waals surface area contributed by atoms with Gasteiger partial charge in [-0.25, -0.2) is 4.98 Å². The molecular weight excluding hydrogens is 310 g/mol. The number of hydrogen-bond donors (Lipinski definition) is 1. The lowest BCUT2D eigenvalue weighted by Crippen LogP contribution is -2.50. The van der Waals surface area contributed by atoms with Crippen LogP contribution in [0.3, 0.4) is 0 Å². The number of benzene rings is 1. The molecule has 2 aromatic rings. The van der Waals surface area contributed by atoms with E-state index in [1.54, 1.807) is 23.3 Å². The highest BCUT2D eigenvalue weighted by Gasteiger charge is 2.29. The fourth-order valence-electron chi connectivity index (χ4n) is 2.38. The number of nitrogens with zero attached hydrogens (tertiary/aromatic N) is 2. The third-order valence-corrected chi connectivity index (χ3v) is 5.09. The summed E-state index contributed by atoms with van der Waals surface area (Å²) in [6.45, 7) is 7.24. The summed E-state index contributed by atoms with van der Waals surface area (Å²) in [6, 6.07) is 7.27. The smallest absolute Gasteiger partial charge is 0.245 e. The average Bonchev–Trinajstić information content (AvgIpc) is 2.94. The number of fused-ring (bicyclic) bond motifs is 1. The molecule has 6 heteroatoms. The molecule has 1 heterocycles. The number of para-hydroxylation sites is 1. The largest absolute Gasteiger partial charge is 0.344 e. The summed E-state index contributed by atoms with van der Waals surface area (Å²) < 4.78 is 1.11. The van der Waals surface area contributed by atoms with E-state index >= 15 is 0 Å². The molecule has 0 aliphatic heterocycles. The summed E-state index contributed by atoms with van der Waals surface area (Å²) in [7, 11) is 1.76. The summed E-state index contributed by atoms with van der Waals surface area (Å²) >= 11 is 1.59. The van der Waals surface area contributed by atoms with Crippen LogP contribution in [0.2, 0.25) is 0 Å². The number of likely N-dealkylation sites (N-methyl/N-ethyl adjacent to an activating group) is 1. The molecule has 2 rings (SSSR count). The number of rotatable bonds is 5. The second kappa shape index (κ2) is 7.08. The van der Waals surface area contributed by atoms with Crippen LogP contribution in [0.15, 0.2) is 24.3 Å². The maximum atomic E-state index is 12.7. The summed E-state index contributed by atoms with van der Waals surface area (Å²) in [5.74, 6) is -0.267. The minimum absolute atomic E-state index is 0.0245. The Kier molecular flexibility index (Phi) is 5.36. The van der Waals surface area contributed by atoms with Gasteiger partial charge >= 0.3 is 0 Å². The Bertz CT molecular complexity index is 678. The van der Waals surface area contributed by atoms with E-state index in [0.29, 0.717) is 0 Å². The first kappa shape index (κ1) is 17.4. The second-order valence-electron chi connectivity index (χ2n) is 6.07. The predicted octanol–water partition coefficient (Wildman–Crippen LogP) is 2.98. The van der Waals surface area contributed by atoms with Crippen LogP contribution in [0.4, 0.5) is 0 Å². The lowest BCUT2D eigenvalue weighted by Gasteiger charge is -2.30. The van der Waals surface area contributed by atoms with E-state index in [1.807, 2.05) is 45.0 Å². The fraction of sp³-hybridized carbons (Fsp3) is 0.471. The summed E-state index contributed by atoms with van der Waals surface area (Å²) in [5, 5.41) is 3.64. The average molecular weight is 333 g/mol. The molecule has 0 aliphatic carbocycles. The van der Waals surface area contributed by atoms with Crippen molar-refractivity contribution in [2.75, 3.05) is 7.05 Å². The number of carbonyl (C=O) groups is 2. The number of aromatic nitrogens is 1. The standard InChI is InChI=1S/C17H23N3O2S/c1-10(2)15(18-12(4)21)17(22)20(5)11(3)16-19-13-8-6-7-9-14(13)23-16/h6-11,15H,1-5H3,(H,18,21)/t11-,15-/m0/s1. The van der Waals surface area contributed by atoms with Gasteiger partial charge in [0.25, 0.3) is 0 Å². The van der Waals surface area contributed by atoms with Gasteiger partial charge in [0, 0.05) is 14.0 Å². The van der Waals surface area contributed by atoms with Crippen molar-refractivity contribution in [1.82, 2.24) is 15.2 Å². The molecule has 0 aliphatic rings. The van der Waals surface area contributed by atoms with E-state index in [9.17, 15) is 9.59 Å². The van der Waals surface area contributed by atoms with Gasteiger partial charge in [0.2, 0.25) is 11.8 Å². The van der Waals surface area contributed by atoms with Crippen LogP contribution in [0, 0.1) is 5.92 Å². The Hall–Kier alpha value is -1.95. The van der Waals surface area contributed by atoms with Gasteiger partial charge in [-0.05, 0) is 25.0 Å². The molecular formula is C17H23N3O2S. The third kappa shape index (κ3) is 3.88. The lowest BCUT2D eigenvalue weighted by atomic mass is 10.0. The van der Waals surface area contributed by atoms with Gasteiger partial charge < -0.3 is 10.2 Å². The number of nitrogens with one attached hydrogen (secondary N) is 1. The topological polar surface area (TPSA) is 62.3 Å². The molecule has 0 spiro atoms. The van der Waals surface area contributed by atoms with Gasteiger partial charge in [0.15, 0.2) is 0 Å². The zero-order valence-corrected chi connectivity index (χ0v) is 15.0. The molecule has 1 aromatic carbocycles. The first-order chi connectivity index (χ1) is 10.8. The van der Waals surface area contributed by atoms with Crippen molar-refractivity contribution in [3.05, 3.63) is 29.3 Å². The maximum absolute atomic E-state index is 12.7. The molecule has 1 N–H and O–H groups in total. The minimum atomic E-state index is -0.519. The molecule has 23 heavy (non-hydrogen) atoms. The van der Waals surface area contributed by atoms with Gasteiger partial charge in [-0.15, -0.1) is 11.3 Å². The van der Waals surface area contributed by atoms with Gasteiger partial charge in [0.1, 0.15) is 11.0 Å². The van der Waals surface area contributed by atoms with Crippen LogP contribution in [-0.4, -0.2) is 34.8 Å². The Morgan fingerprint density at radius 3 is 2.43 bits per heavy atom. The Morgan fingerprint density at radius 1 is 1.22 bits per heavy atom. The van der Waals surface area contributed by atoms with Crippen LogP contribution < -0.4 is 5.32 Å². The maximum Gasteiger partial charge on any atom is 0.245 e. The quantitative estimate of drug-likeness (QED) is 0.915. The van der Waals surface area contributed by atoms with Crippen LogP contribution >= 0.6 is 11.3 Å². The van der Waals surface area contributed by atoms with Crippen LogP contribution in [0.5, 0.6) is 0 Å². The molecule has 124 valence electrons. The van der Waals surface area contributed by atoms with Crippen molar-refractivity contribution in [2.45, 2.75) is 39.8 Å². The van der Waals surface area contributed by atoms with Crippen molar-refractivity contribution < 1.29 is 9.59 Å². The molecule has 0 unspecified atom stereocenters. The highest BCUT2D eigenvalue weighted by atomic mass is 32.1. The van der Waals surface area contributed by atoms with Gasteiger partial charge in [-0.1, -0.05) is 26.0 Å². The van der Waals surface area contributed by atoms with Gasteiger partial charge in [0.05, 0.1) is 16.3 Å². The van der Waals surface area contributed by atoms with E-state index in [1.165, 1.54) is 6.92 Å². The van der Waals surface area contributed by atoms with Crippen LogP contribution in [-0.2, 0) is 9.59 Å². The van der Waals surface area contributed by atoms with E-state index < -0.39 is 6.04 Å². The molecule has 0 saturated carbocycles. The zero-order chi connectivity index (χ0) is 17.1. The molecule has 5 nitrogen and oxygen atoms in total. The second-order valence-corrected chi connectivity index (χ2v) is 7.13. The zero-order valence-electron chi connectivity index (χ0n) is 14.2. The van der Waals surface area contributed by atoms with Crippen molar-refractivity contribution >= 4 is 33.4 Å². The lowest BCUT2D eigenvalue weighted by molar-refractivity contribution is -0.137. The molecule has 0 radical (unpaired) electrons. The van der Waals surface area contributed by atoms with E-state index in [2.05, 4.69) is 10.3 Å². The summed E-state index contributed by atoms with van der Waals surface area (Å²) in [6.07, 6.45) is 0. The number of thiazole rings is 1. The number of hydrogen-bond acceptors (Lipinski definition) is 4. The Morgan fingerprint density at radius 2 is 1.87 bits per heavy atom. The molecule has 0 bridgehead atoms. The Labute approximate surface area is 140 Å². The predicted molar refractivity (Wildman–Crippen MR) is 93.2 cm³/mol.